The SMILES string of the molecule is CC(C)(C)S(=O)(=O)c1ccsc1C(=O)NC1CCC(F)(S(=O)(=O)c2cccc(C(F)(F)F)c2)CC1. The average Bonchev–Trinajstić information content (AvgIpc) is 3.25. The molecule has 1 fully saturated rings. The normalized spacial score (nSPS) is 22.1. The van der Waals surface area contributed by atoms with Crippen LogP contribution in [0, 0.1) is 0 Å². The molecule has 0 saturated heterocycles. The van der Waals surface area contributed by atoms with Gasteiger partial charge >= 0.3 is 6.18 Å². The van der Waals surface area contributed by atoms with Crippen molar-refractivity contribution in [1.82, 2.24) is 5.32 Å². The molecule has 2 aromatic rings. The molecular formula is C22H25F4NO5S3. The van der Waals surface area contributed by atoms with Gasteiger partial charge in [0.2, 0.25) is 14.8 Å². The van der Waals surface area contributed by atoms with Gasteiger partial charge in [0.1, 0.15) is 4.88 Å². The maximum Gasteiger partial charge on any atom is 0.416 e. The van der Waals surface area contributed by atoms with Crippen LogP contribution in [-0.4, -0.2) is 38.5 Å². The van der Waals surface area contributed by atoms with E-state index in [4.69, 9.17) is 0 Å². The van der Waals surface area contributed by atoms with Gasteiger partial charge in [-0.2, -0.15) is 13.2 Å². The monoisotopic (exact) mass is 555 g/mol. The first-order valence-electron chi connectivity index (χ1n) is 10.6. The number of benzene rings is 1. The smallest absolute Gasteiger partial charge is 0.349 e. The predicted molar refractivity (Wildman–Crippen MR) is 123 cm³/mol. The Balaban J connectivity index is 1.74. The van der Waals surface area contributed by atoms with Crippen molar-refractivity contribution in [2.75, 3.05) is 0 Å². The molecule has 1 N–H and O–H groups in total. The minimum Gasteiger partial charge on any atom is -0.349 e. The molecule has 6 nitrogen and oxygen atoms in total. The number of hydrogen-bond acceptors (Lipinski definition) is 6. The molecule has 1 saturated carbocycles. The lowest BCUT2D eigenvalue weighted by Crippen LogP contribution is -2.45. The molecule has 1 aromatic heterocycles. The van der Waals surface area contributed by atoms with E-state index in [1.54, 1.807) is 0 Å². The lowest BCUT2D eigenvalue weighted by molar-refractivity contribution is -0.137. The molecule has 0 unspecified atom stereocenters. The van der Waals surface area contributed by atoms with Gasteiger partial charge < -0.3 is 5.32 Å². The van der Waals surface area contributed by atoms with E-state index in [1.807, 2.05) is 0 Å². The molecule has 35 heavy (non-hydrogen) atoms. The highest BCUT2D eigenvalue weighted by Crippen LogP contribution is 2.42. The first-order chi connectivity index (χ1) is 15.9. The van der Waals surface area contributed by atoms with Crippen LogP contribution >= 0.6 is 11.3 Å². The number of hydrogen-bond donors (Lipinski definition) is 1. The van der Waals surface area contributed by atoms with Gasteiger partial charge in [-0.05, 0) is 76.1 Å². The summed E-state index contributed by atoms with van der Waals surface area (Å²) in [6.45, 7) is 4.53. The van der Waals surface area contributed by atoms with Crippen molar-refractivity contribution in [2.45, 2.75) is 78.2 Å². The number of amides is 1. The summed E-state index contributed by atoms with van der Waals surface area (Å²) < 4.78 is 105. The van der Waals surface area contributed by atoms with E-state index in [0.29, 0.717) is 12.1 Å². The molecule has 1 heterocycles. The van der Waals surface area contributed by atoms with Crippen molar-refractivity contribution in [2.24, 2.45) is 0 Å². The standard InChI is InChI=1S/C22H25F4NO5S3/c1-20(2,3)35(31,32)17-9-12-33-18(17)19(28)27-15-7-10-21(23,11-8-15)34(29,30)16-6-4-5-14(13-16)22(24,25)26/h4-6,9,12-13,15H,7-8,10-11H2,1-3H3,(H,27,28). The number of nitrogens with one attached hydrogen (secondary N) is 1. The van der Waals surface area contributed by atoms with Gasteiger partial charge in [0, 0.05) is 6.04 Å². The molecule has 1 amide bonds. The van der Waals surface area contributed by atoms with Gasteiger partial charge in [0.05, 0.1) is 20.1 Å². The van der Waals surface area contributed by atoms with E-state index in [2.05, 4.69) is 5.32 Å². The molecule has 0 atom stereocenters. The van der Waals surface area contributed by atoms with Crippen molar-refractivity contribution in [1.29, 1.82) is 0 Å². The number of alkyl halides is 4. The summed E-state index contributed by atoms with van der Waals surface area (Å²) in [6.07, 6.45) is -6.03. The van der Waals surface area contributed by atoms with Gasteiger partial charge in [-0.3, -0.25) is 4.79 Å². The zero-order valence-corrected chi connectivity index (χ0v) is 21.6. The molecule has 1 aliphatic carbocycles. The summed E-state index contributed by atoms with van der Waals surface area (Å²) in [5.41, 5.74) is -1.19. The number of carbonyl (C=O) groups is 1. The van der Waals surface area contributed by atoms with Crippen LogP contribution in [0.25, 0.3) is 0 Å². The number of sulfone groups is 2. The van der Waals surface area contributed by atoms with Gasteiger partial charge in [-0.15, -0.1) is 11.3 Å². The summed E-state index contributed by atoms with van der Waals surface area (Å²) in [4.78, 5) is 11.9. The van der Waals surface area contributed by atoms with Crippen LogP contribution in [0.1, 0.15) is 61.7 Å². The number of halogens is 4. The minimum absolute atomic E-state index is 0.0198. The summed E-state index contributed by atoms with van der Waals surface area (Å²) in [5, 5.41) is 1.33. The Morgan fingerprint density at radius 1 is 1.06 bits per heavy atom. The Hall–Kier alpha value is -1.99. The number of rotatable bonds is 5. The van der Waals surface area contributed by atoms with E-state index in [9.17, 15) is 34.8 Å². The zero-order valence-electron chi connectivity index (χ0n) is 19.1. The Bertz CT molecular complexity index is 1320. The maximum absolute atomic E-state index is 15.5. The van der Waals surface area contributed by atoms with Crippen molar-refractivity contribution in [3.63, 3.8) is 0 Å². The first kappa shape index (κ1) is 27.6. The summed E-state index contributed by atoms with van der Waals surface area (Å²) in [7, 11) is -8.54. The Kier molecular flexibility index (Phi) is 7.21. The maximum atomic E-state index is 15.5. The second kappa shape index (κ2) is 9.15. The topological polar surface area (TPSA) is 97.4 Å². The van der Waals surface area contributed by atoms with E-state index in [1.165, 1.54) is 32.2 Å². The largest absolute Gasteiger partial charge is 0.416 e. The van der Waals surface area contributed by atoms with Gasteiger partial charge in [-0.1, -0.05) is 6.07 Å². The molecule has 1 aliphatic rings. The number of thiophene rings is 1. The summed E-state index contributed by atoms with van der Waals surface area (Å²) in [6, 6.07) is 3.67. The van der Waals surface area contributed by atoms with Crippen molar-refractivity contribution >= 4 is 36.9 Å². The predicted octanol–water partition coefficient (Wildman–Crippen LogP) is 5.15. The van der Waals surface area contributed by atoms with Gasteiger partial charge in [0.25, 0.3) is 5.91 Å². The second-order valence-electron chi connectivity index (χ2n) is 9.39. The van der Waals surface area contributed by atoms with Crippen LogP contribution in [0.2, 0.25) is 0 Å². The fourth-order valence-corrected chi connectivity index (χ4v) is 8.00. The molecule has 0 radical (unpaired) electrons. The Morgan fingerprint density at radius 2 is 1.66 bits per heavy atom. The van der Waals surface area contributed by atoms with E-state index in [0.717, 1.165) is 23.5 Å². The Morgan fingerprint density at radius 3 is 2.20 bits per heavy atom. The van der Waals surface area contributed by atoms with Crippen molar-refractivity contribution in [3.05, 3.63) is 46.2 Å². The van der Waals surface area contributed by atoms with E-state index in [-0.39, 0.29) is 22.6 Å². The molecule has 0 aliphatic heterocycles. The van der Waals surface area contributed by atoms with Crippen LogP contribution in [0.5, 0.6) is 0 Å². The second-order valence-corrected chi connectivity index (χ2v) is 15.2. The van der Waals surface area contributed by atoms with Gasteiger partial charge in [0.15, 0.2) is 9.84 Å². The van der Waals surface area contributed by atoms with Crippen molar-refractivity contribution < 1.29 is 39.2 Å². The number of carbonyl (C=O) groups excluding carboxylic acids is 1. The highest BCUT2D eigenvalue weighted by molar-refractivity contribution is 7.93. The van der Waals surface area contributed by atoms with Crippen LogP contribution in [0.4, 0.5) is 17.6 Å². The third-order valence-electron chi connectivity index (χ3n) is 5.95. The van der Waals surface area contributed by atoms with Crippen LogP contribution in [0.3, 0.4) is 0 Å². The van der Waals surface area contributed by atoms with Crippen LogP contribution in [-0.2, 0) is 25.9 Å². The minimum atomic E-state index is -4.78. The third kappa shape index (κ3) is 5.26. The van der Waals surface area contributed by atoms with E-state index >= 15 is 4.39 Å². The molecule has 13 heteroatoms. The Labute approximate surface area is 205 Å². The molecular weight excluding hydrogens is 530 g/mol. The molecule has 3 rings (SSSR count). The highest BCUT2D eigenvalue weighted by atomic mass is 32.2. The molecule has 0 bridgehead atoms. The summed E-state index contributed by atoms with van der Waals surface area (Å²) in [5.74, 6) is -0.667. The van der Waals surface area contributed by atoms with Gasteiger partial charge in [-0.25, -0.2) is 21.2 Å². The van der Waals surface area contributed by atoms with Crippen LogP contribution in [0.15, 0.2) is 45.5 Å². The third-order valence-corrected chi connectivity index (χ3v) is 11.8. The first-order valence-corrected chi connectivity index (χ1v) is 14.5. The van der Waals surface area contributed by atoms with Crippen molar-refractivity contribution in [3.8, 4) is 0 Å². The fraction of sp³-hybridized carbons (Fsp3) is 0.500. The molecule has 1 aromatic carbocycles. The van der Waals surface area contributed by atoms with E-state index < -0.39 is 70.8 Å². The zero-order chi connectivity index (χ0) is 26.4. The lowest BCUT2D eigenvalue weighted by Gasteiger charge is -2.34. The quantitative estimate of drug-likeness (QED) is 0.515. The molecule has 0 spiro atoms. The fourth-order valence-electron chi connectivity index (χ4n) is 3.77. The molecule has 194 valence electrons. The highest BCUT2D eigenvalue weighted by Gasteiger charge is 2.48. The van der Waals surface area contributed by atoms with Crippen LogP contribution < -0.4 is 5.32 Å². The average molecular weight is 556 g/mol. The lowest BCUT2D eigenvalue weighted by atomic mass is 9.93. The summed E-state index contributed by atoms with van der Waals surface area (Å²) >= 11 is 0.941.